The number of anilines is 1. The molecule has 0 radical (unpaired) electrons. The van der Waals surface area contributed by atoms with Gasteiger partial charge < -0.3 is 15.4 Å². The number of pyridine rings is 1. The molecule has 1 atom stereocenters. The molecule has 0 aliphatic heterocycles. The normalized spacial score (nSPS) is 17.7. The summed E-state index contributed by atoms with van der Waals surface area (Å²) in [5.74, 6) is -1.57. The van der Waals surface area contributed by atoms with Gasteiger partial charge in [-0.1, -0.05) is 46.3 Å². The molecule has 2 N–H and O–H groups in total. The molecule has 3 aromatic rings. The molecule has 0 bridgehead atoms. The van der Waals surface area contributed by atoms with Gasteiger partial charge in [0.25, 0.3) is 5.91 Å². The maximum Gasteiger partial charge on any atom is 0.270 e. The molecule has 1 aliphatic carbocycles. The number of hydrogen-bond donors (Lipinski definition) is 2. The number of hydrogen-bond acceptors (Lipinski definition) is 8. The van der Waals surface area contributed by atoms with Crippen molar-refractivity contribution in [2.24, 2.45) is 11.8 Å². The molecular weight excluding hydrogens is 654 g/mol. The lowest BCUT2D eigenvalue weighted by Crippen LogP contribution is -2.49. The van der Waals surface area contributed by atoms with Crippen LogP contribution in [-0.2, 0) is 39.1 Å². The number of halogens is 1. The number of nitrogens with one attached hydrogen (secondary N) is 2. The minimum absolute atomic E-state index is 0.00564. The Kier molecular flexibility index (Phi) is 12.3. The van der Waals surface area contributed by atoms with E-state index in [2.05, 4.69) is 52.4 Å². The maximum absolute atomic E-state index is 15.7. The Morgan fingerprint density at radius 2 is 1.83 bits per heavy atom. The number of ether oxygens (including phenoxy) is 1. The van der Waals surface area contributed by atoms with Crippen LogP contribution in [0.2, 0.25) is 25.7 Å². The fourth-order valence-corrected chi connectivity index (χ4v) is 7.32. The van der Waals surface area contributed by atoms with Crippen molar-refractivity contribution in [2.45, 2.75) is 97.9 Å². The molecule has 0 saturated heterocycles. The van der Waals surface area contributed by atoms with Crippen molar-refractivity contribution >= 4 is 35.5 Å². The van der Waals surface area contributed by atoms with Crippen molar-refractivity contribution in [3.05, 3.63) is 47.4 Å². The first-order valence-electron chi connectivity index (χ1n) is 16.7. The number of aromatic nitrogens is 5. The second-order valence-electron chi connectivity index (χ2n) is 14.2. The Labute approximate surface area is 284 Å². The van der Waals surface area contributed by atoms with Crippen LogP contribution in [-0.4, -0.2) is 77.5 Å². The molecule has 12 nitrogen and oxygen atoms in total. The lowest BCUT2D eigenvalue weighted by Gasteiger charge is -2.32. The highest BCUT2D eigenvalue weighted by Gasteiger charge is 2.34. The molecule has 1 aliphatic rings. The van der Waals surface area contributed by atoms with Crippen molar-refractivity contribution in [2.75, 3.05) is 23.9 Å². The summed E-state index contributed by atoms with van der Waals surface area (Å²) in [6, 6.07) is 4.75. The van der Waals surface area contributed by atoms with E-state index in [9.17, 15) is 18.0 Å². The van der Waals surface area contributed by atoms with Crippen molar-refractivity contribution in [3.63, 3.8) is 0 Å². The van der Waals surface area contributed by atoms with E-state index in [0.717, 1.165) is 43.7 Å². The van der Waals surface area contributed by atoms with E-state index in [0.29, 0.717) is 30.2 Å². The minimum atomic E-state index is -3.28. The first-order chi connectivity index (χ1) is 22.6. The highest BCUT2D eigenvalue weighted by molar-refractivity contribution is 7.90. The predicted molar refractivity (Wildman–Crippen MR) is 187 cm³/mol. The summed E-state index contributed by atoms with van der Waals surface area (Å²) in [5, 5.41) is 14.3. The number of nitrogens with zero attached hydrogens (tertiary/aromatic N) is 5. The van der Waals surface area contributed by atoms with Crippen LogP contribution in [0.5, 0.6) is 0 Å². The molecule has 0 unspecified atom stereocenters. The van der Waals surface area contributed by atoms with Gasteiger partial charge in [-0.3, -0.25) is 14.3 Å². The van der Waals surface area contributed by atoms with Crippen molar-refractivity contribution in [1.29, 1.82) is 0 Å². The lowest BCUT2D eigenvalue weighted by atomic mass is 9.79. The zero-order chi connectivity index (χ0) is 35.2. The van der Waals surface area contributed by atoms with Gasteiger partial charge in [0.2, 0.25) is 11.9 Å². The second kappa shape index (κ2) is 15.9. The van der Waals surface area contributed by atoms with Gasteiger partial charge in [0.1, 0.15) is 34.1 Å². The van der Waals surface area contributed by atoms with Gasteiger partial charge in [-0.2, -0.15) is 14.6 Å². The van der Waals surface area contributed by atoms with Crippen molar-refractivity contribution in [3.8, 4) is 11.1 Å². The Bertz CT molecular complexity index is 1690. The first kappa shape index (κ1) is 37.4. The van der Waals surface area contributed by atoms with Crippen LogP contribution >= 0.6 is 0 Å². The van der Waals surface area contributed by atoms with E-state index < -0.39 is 41.7 Å². The fourth-order valence-electron chi connectivity index (χ4n) is 6.06. The standard InChI is InChI=1S/C33H50FN7O5SSi/c1-8-26-29(23(3)39-41(26)21-46-18-20-48(5,6)7)25-13-14-28(36-31(25)34)37-33(43)30(24-11-9-22(2)10-12-24)38-32(42)27-15-16-35-40(27)17-19-47(4,44)45/h13-16,22,24,30H,8-12,17-21H2,1-7H3,(H,38,42)(H,36,37,43)/t22-,24-,30-/m0/s1. The van der Waals surface area contributed by atoms with E-state index in [1.54, 1.807) is 16.8 Å². The fraction of sp³-hybridized carbons (Fsp3) is 0.606. The summed E-state index contributed by atoms with van der Waals surface area (Å²) in [6.45, 7) is 13.8. The summed E-state index contributed by atoms with van der Waals surface area (Å²) in [4.78, 5) is 31.2. The Morgan fingerprint density at radius 3 is 2.46 bits per heavy atom. The van der Waals surface area contributed by atoms with Gasteiger partial charge in [0.15, 0.2) is 0 Å². The predicted octanol–water partition coefficient (Wildman–Crippen LogP) is 5.07. The topological polar surface area (TPSA) is 150 Å². The molecule has 264 valence electrons. The van der Waals surface area contributed by atoms with Crippen LogP contribution in [0.25, 0.3) is 11.1 Å². The van der Waals surface area contributed by atoms with Crippen LogP contribution in [0.1, 0.15) is 61.4 Å². The third-order valence-corrected chi connectivity index (χ3v) is 11.5. The van der Waals surface area contributed by atoms with E-state index in [4.69, 9.17) is 4.74 Å². The van der Waals surface area contributed by atoms with Gasteiger partial charge in [-0.25, -0.2) is 18.1 Å². The van der Waals surface area contributed by atoms with E-state index in [-0.39, 0.29) is 42.0 Å². The zero-order valence-electron chi connectivity index (χ0n) is 29.2. The van der Waals surface area contributed by atoms with Crippen LogP contribution in [0, 0.1) is 24.7 Å². The Morgan fingerprint density at radius 1 is 1.12 bits per heavy atom. The molecule has 3 aromatic heterocycles. The number of rotatable bonds is 15. The van der Waals surface area contributed by atoms with Gasteiger partial charge in [-0.15, -0.1) is 0 Å². The first-order valence-corrected chi connectivity index (χ1v) is 22.4. The number of sulfone groups is 1. The van der Waals surface area contributed by atoms with Gasteiger partial charge in [0.05, 0.1) is 18.0 Å². The SMILES string of the molecule is CCc1c(-c2ccc(NC(=O)[C@@H](NC(=O)c3ccnn3CCS(C)(=O)=O)[C@H]3CC[C@H](C)CC3)nc2F)c(C)nn1COCC[Si](C)(C)C. The molecule has 2 amide bonds. The van der Waals surface area contributed by atoms with Gasteiger partial charge in [-0.05, 0) is 62.3 Å². The van der Waals surface area contributed by atoms with Crippen molar-refractivity contribution in [1.82, 2.24) is 29.9 Å². The average Bonchev–Trinajstić information content (AvgIpc) is 3.60. The molecule has 15 heteroatoms. The Hall–Kier alpha value is -3.43. The molecule has 0 spiro atoms. The largest absolute Gasteiger partial charge is 0.360 e. The number of amides is 2. The van der Waals surface area contributed by atoms with Crippen LogP contribution in [0.15, 0.2) is 24.4 Å². The molecule has 0 aromatic carbocycles. The molecule has 1 saturated carbocycles. The number of carbonyl (C=O) groups excluding carboxylic acids is 2. The van der Waals surface area contributed by atoms with Crippen LogP contribution in [0.4, 0.5) is 10.2 Å². The number of aryl methyl sites for hydroxylation is 2. The highest BCUT2D eigenvalue weighted by Crippen LogP contribution is 2.33. The molecule has 1 fully saturated rings. The summed E-state index contributed by atoms with van der Waals surface area (Å²) >= 11 is 0. The summed E-state index contributed by atoms with van der Waals surface area (Å²) in [7, 11) is -4.52. The molecule has 3 heterocycles. The number of carbonyl (C=O) groups is 2. The quantitative estimate of drug-likeness (QED) is 0.127. The second-order valence-corrected chi connectivity index (χ2v) is 22.1. The maximum atomic E-state index is 15.7. The van der Waals surface area contributed by atoms with Gasteiger partial charge in [0, 0.05) is 44.0 Å². The smallest absolute Gasteiger partial charge is 0.270 e. The molecular formula is C33H50FN7O5SSi. The third kappa shape index (κ3) is 10.0. The Balaban J connectivity index is 1.52. The lowest BCUT2D eigenvalue weighted by molar-refractivity contribution is -0.119. The van der Waals surface area contributed by atoms with Crippen LogP contribution < -0.4 is 10.6 Å². The average molecular weight is 704 g/mol. The zero-order valence-corrected chi connectivity index (χ0v) is 31.0. The van der Waals surface area contributed by atoms with Crippen molar-refractivity contribution < 1.29 is 27.1 Å². The van der Waals surface area contributed by atoms with E-state index in [1.807, 2.05) is 13.8 Å². The molecule has 48 heavy (non-hydrogen) atoms. The van der Waals surface area contributed by atoms with Gasteiger partial charge >= 0.3 is 0 Å². The summed E-state index contributed by atoms with van der Waals surface area (Å²) < 4.78 is 48.1. The summed E-state index contributed by atoms with van der Waals surface area (Å²) in [6.07, 6.45) is 6.44. The minimum Gasteiger partial charge on any atom is -0.360 e. The third-order valence-electron chi connectivity index (χ3n) is 8.87. The monoisotopic (exact) mass is 703 g/mol. The van der Waals surface area contributed by atoms with E-state index in [1.165, 1.54) is 16.9 Å². The van der Waals surface area contributed by atoms with Crippen LogP contribution in [0.3, 0.4) is 0 Å². The van der Waals surface area contributed by atoms with E-state index >= 15 is 4.39 Å². The molecule has 4 rings (SSSR count). The summed E-state index contributed by atoms with van der Waals surface area (Å²) in [5.41, 5.74) is 2.58. The highest BCUT2D eigenvalue weighted by atomic mass is 32.2.